The maximum Gasteiger partial charge on any atom is 0.269 e. The zero-order valence-electron chi connectivity index (χ0n) is 12.0. The normalized spacial score (nSPS) is 11.9. The lowest BCUT2D eigenvalue weighted by atomic mass is 10.3. The van der Waals surface area contributed by atoms with Gasteiger partial charge in [0.2, 0.25) is 11.0 Å². The molecule has 22 heavy (non-hydrogen) atoms. The number of aryl methyl sites for hydroxylation is 1. The Bertz CT molecular complexity index is 672. The van der Waals surface area contributed by atoms with Crippen molar-refractivity contribution in [2.45, 2.75) is 30.4 Å². The number of non-ortho nitro benzene ring substituents is 1. The smallest absolute Gasteiger partial charge is 0.269 e. The van der Waals surface area contributed by atoms with E-state index in [1.165, 1.54) is 35.2 Å². The SMILES string of the molecule is CCc1nnc(NC(=O)C(C)Sc2ccc([N+](=O)[O-])cc2)s1. The third-order valence-electron chi connectivity index (χ3n) is 2.73. The van der Waals surface area contributed by atoms with Crippen LogP contribution in [0.5, 0.6) is 0 Å². The maximum absolute atomic E-state index is 12.1. The van der Waals surface area contributed by atoms with E-state index < -0.39 is 4.92 Å². The van der Waals surface area contributed by atoms with E-state index in [9.17, 15) is 14.9 Å². The topological polar surface area (TPSA) is 98.0 Å². The summed E-state index contributed by atoms with van der Waals surface area (Å²) in [6, 6.07) is 6.11. The molecule has 1 unspecified atom stereocenters. The van der Waals surface area contributed by atoms with Crippen LogP contribution in [0.25, 0.3) is 0 Å². The lowest BCUT2D eigenvalue weighted by Crippen LogP contribution is -2.22. The van der Waals surface area contributed by atoms with Crippen LogP contribution in [0.4, 0.5) is 10.8 Å². The summed E-state index contributed by atoms with van der Waals surface area (Å²) in [5, 5.41) is 22.2. The fraction of sp³-hybridized carbons (Fsp3) is 0.308. The first kappa shape index (κ1) is 16.4. The monoisotopic (exact) mass is 338 g/mol. The molecule has 0 saturated carbocycles. The fourth-order valence-electron chi connectivity index (χ4n) is 1.56. The van der Waals surface area contributed by atoms with Crippen LogP contribution < -0.4 is 5.32 Å². The number of nitro benzene ring substituents is 1. The fourth-order valence-corrected chi connectivity index (χ4v) is 3.11. The van der Waals surface area contributed by atoms with Gasteiger partial charge in [-0.1, -0.05) is 18.3 Å². The number of carbonyl (C=O) groups is 1. The molecule has 0 saturated heterocycles. The number of anilines is 1. The zero-order valence-corrected chi connectivity index (χ0v) is 13.6. The van der Waals surface area contributed by atoms with Gasteiger partial charge in [-0.3, -0.25) is 20.2 Å². The lowest BCUT2D eigenvalue weighted by molar-refractivity contribution is -0.384. The van der Waals surface area contributed by atoms with E-state index in [0.717, 1.165) is 16.3 Å². The van der Waals surface area contributed by atoms with Crippen molar-refractivity contribution in [1.82, 2.24) is 10.2 Å². The van der Waals surface area contributed by atoms with Crippen LogP contribution in [0.2, 0.25) is 0 Å². The number of benzene rings is 1. The Kier molecular flexibility index (Phi) is 5.45. The van der Waals surface area contributed by atoms with Crippen LogP contribution in [-0.2, 0) is 11.2 Å². The molecule has 0 aliphatic rings. The van der Waals surface area contributed by atoms with Crippen molar-refractivity contribution in [2.75, 3.05) is 5.32 Å². The van der Waals surface area contributed by atoms with Crippen molar-refractivity contribution in [1.29, 1.82) is 0 Å². The van der Waals surface area contributed by atoms with Gasteiger partial charge >= 0.3 is 0 Å². The number of nitrogens with zero attached hydrogens (tertiary/aromatic N) is 3. The quantitative estimate of drug-likeness (QED) is 0.493. The minimum Gasteiger partial charge on any atom is -0.300 e. The molecule has 2 rings (SSSR count). The molecule has 1 heterocycles. The molecule has 0 bridgehead atoms. The van der Waals surface area contributed by atoms with Crippen molar-refractivity contribution in [2.24, 2.45) is 0 Å². The van der Waals surface area contributed by atoms with E-state index in [4.69, 9.17) is 0 Å². The largest absolute Gasteiger partial charge is 0.300 e. The second-order valence-electron chi connectivity index (χ2n) is 4.35. The number of carbonyl (C=O) groups excluding carboxylic acids is 1. The van der Waals surface area contributed by atoms with Crippen molar-refractivity contribution >= 4 is 39.8 Å². The predicted molar refractivity (Wildman–Crippen MR) is 86.3 cm³/mol. The highest BCUT2D eigenvalue weighted by atomic mass is 32.2. The number of hydrogen-bond acceptors (Lipinski definition) is 7. The Balaban J connectivity index is 1.94. The van der Waals surface area contributed by atoms with Crippen LogP contribution in [0.3, 0.4) is 0 Å². The second-order valence-corrected chi connectivity index (χ2v) is 6.83. The minimum absolute atomic E-state index is 0.0300. The van der Waals surface area contributed by atoms with Gasteiger partial charge in [0.25, 0.3) is 5.69 Å². The van der Waals surface area contributed by atoms with Crippen molar-refractivity contribution in [3.8, 4) is 0 Å². The third kappa shape index (κ3) is 4.25. The first-order valence-corrected chi connectivity index (χ1v) is 8.23. The van der Waals surface area contributed by atoms with E-state index in [2.05, 4.69) is 15.5 Å². The van der Waals surface area contributed by atoms with Crippen molar-refractivity contribution in [3.63, 3.8) is 0 Å². The molecular formula is C13H14N4O3S2. The number of rotatable bonds is 6. The molecule has 0 aliphatic heterocycles. The molecule has 0 spiro atoms. The molecule has 9 heteroatoms. The third-order valence-corrected chi connectivity index (χ3v) is 4.82. The second kappa shape index (κ2) is 7.32. The van der Waals surface area contributed by atoms with Gasteiger partial charge in [0.15, 0.2) is 0 Å². The molecule has 1 amide bonds. The van der Waals surface area contributed by atoms with Gasteiger partial charge in [-0.05, 0) is 25.5 Å². The van der Waals surface area contributed by atoms with E-state index >= 15 is 0 Å². The summed E-state index contributed by atoms with van der Waals surface area (Å²) < 4.78 is 0. The van der Waals surface area contributed by atoms with E-state index in [0.29, 0.717) is 5.13 Å². The first-order chi connectivity index (χ1) is 10.5. The van der Waals surface area contributed by atoms with Crippen LogP contribution in [0.15, 0.2) is 29.2 Å². The number of thioether (sulfide) groups is 1. The first-order valence-electron chi connectivity index (χ1n) is 6.54. The number of nitro groups is 1. The van der Waals surface area contributed by atoms with Gasteiger partial charge < -0.3 is 0 Å². The zero-order chi connectivity index (χ0) is 16.1. The van der Waals surface area contributed by atoms with Gasteiger partial charge in [0.05, 0.1) is 10.2 Å². The summed E-state index contributed by atoms with van der Waals surface area (Å²) in [5.74, 6) is -0.179. The molecule has 0 fully saturated rings. The highest BCUT2D eigenvalue weighted by Crippen LogP contribution is 2.26. The Morgan fingerprint density at radius 1 is 1.41 bits per heavy atom. The van der Waals surface area contributed by atoms with Crippen LogP contribution in [0, 0.1) is 10.1 Å². The molecule has 1 N–H and O–H groups in total. The summed E-state index contributed by atoms with van der Waals surface area (Å²) in [6.45, 7) is 3.74. The van der Waals surface area contributed by atoms with E-state index in [1.54, 1.807) is 19.1 Å². The standard InChI is InChI=1S/C13H14N4O3S2/c1-3-11-15-16-13(22-11)14-12(18)8(2)21-10-6-4-9(5-7-10)17(19)20/h4-8H,3H2,1-2H3,(H,14,16,18). The van der Waals surface area contributed by atoms with Gasteiger partial charge in [-0.15, -0.1) is 22.0 Å². The highest BCUT2D eigenvalue weighted by Gasteiger charge is 2.17. The molecule has 1 aromatic heterocycles. The number of aromatic nitrogens is 2. The van der Waals surface area contributed by atoms with Gasteiger partial charge in [0, 0.05) is 17.0 Å². The lowest BCUT2D eigenvalue weighted by Gasteiger charge is -2.09. The summed E-state index contributed by atoms with van der Waals surface area (Å²) in [6.07, 6.45) is 0.778. The molecule has 0 aliphatic carbocycles. The summed E-state index contributed by atoms with van der Waals surface area (Å²) in [7, 11) is 0. The Morgan fingerprint density at radius 2 is 2.09 bits per heavy atom. The molecule has 7 nitrogen and oxygen atoms in total. The molecule has 1 aromatic carbocycles. The predicted octanol–water partition coefficient (Wildman–Crippen LogP) is 3.13. The highest BCUT2D eigenvalue weighted by molar-refractivity contribution is 8.00. The summed E-state index contributed by atoms with van der Waals surface area (Å²) in [4.78, 5) is 23.0. The molecule has 116 valence electrons. The Labute approximate surface area is 135 Å². The van der Waals surface area contributed by atoms with Gasteiger partial charge in [0.1, 0.15) is 5.01 Å². The number of amides is 1. The van der Waals surface area contributed by atoms with Crippen molar-refractivity contribution < 1.29 is 9.72 Å². The van der Waals surface area contributed by atoms with E-state index in [-0.39, 0.29) is 16.8 Å². The van der Waals surface area contributed by atoms with Crippen molar-refractivity contribution in [3.05, 3.63) is 39.4 Å². The number of nitrogens with one attached hydrogen (secondary N) is 1. The Morgan fingerprint density at radius 3 is 2.64 bits per heavy atom. The average Bonchev–Trinajstić information content (AvgIpc) is 2.95. The molecule has 2 aromatic rings. The minimum atomic E-state index is -0.453. The van der Waals surface area contributed by atoms with Gasteiger partial charge in [-0.25, -0.2) is 0 Å². The van der Waals surface area contributed by atoms with E-state index in [1.807, 2.05) is 6.92 Å². The molecule has 0 radical (unpaired) electrons. The van der Waals surface area contributed by atoms with Crippen LogP contribution in [0.1, 0.15) is 18.9 Å². The van der Waals surface area contributed by atoms with Gasteiger partial charge in [-0.2, -0.15) is 0 Å². The number of hydrogen-bond donors (Lipinski definition) is 1. The average molecular weight is 338 g/mol. The Hall–Kier alpha value is -2.00. The molecular weight excluding hydrogens is 324 g/mol. The molecule has 1 atom stereocenters. The summed E-state index contributed by atoms with van der Waals surface area (Å²) in [5.41, 5.74) is 0.0300. The maximum atomic E-state index is 12.1. The summed E-state index contributed by atoms with van der Waals surface area (Å²) >= 11 is 2.68. The van der Waals surface area contributed by atoms with Crippen LogP contribution >= 0.6 is 23.1 Å². The van der Waals surface area contributed by atoms with Crippen LogP contribution in [-0.4, -0.2) is 26.3 Å².